The minimum atomic E-state index is -0.0891. The average molecular weight is 334 g/mol. The van der Waals surface area contributed by atoms with Crippen LogP contribution in [0.1, 0.15) is 51.0 Å². The van der Waals surface area contributed by atoms with Gasteiger partial charge < -0.3 is 4.74 Å². The maximum Gasteiger partial charge on any atom is 0.306 e. The maximum atomic E-state index is 12.0. The van der Waals surface area contributed by atoms with E-state index >= 15 is 0 Å². The molecule has 0 heterocycles. The van der Waals surface area contributed by atoms with E-state index in [0.29, 0.717) is 13.0 Å². The van der Waals surface area contributed by atoms with Gasteiger partial charge in [0, 0.05) is 6.42 Å². The van der Waals surface area contributed by atoms with Gasteiger partial charge in [0.15, 0.2) is 0 Å². The molecule has 130 valence electrons. The summed E-state index contributed by atoms with van der Waals surface area (Å²) < 4.78 is 5.55. The lowest BCUT2D eigenvalue weighted by Crippen LogP contribution is -2.04. The molecule has 0 unspecified atom stereocenters. The molecular formula is C23H26O2. The minimum absolute atomic E-state index is 0.0891. The molecule has 3 aromatic carbocycles. The molecule has 2 nitrogen and oxygen atoms in total. The highest BCUT2D eigenvalue weighted by Crippen LogP contribution is 2.29. The summed E-state index contributed by atoms with van der Waals surface area (Å²) in [6.45, 7) is 2.54. The number of esters is 1. The van der Waals surface area contributed by atoms with E-state index in [1.807, 2.05) is 12.1 Å². The lowest BCUT2D eigenvalue weighted by atomic mass is 9.98. The summed E-state index contributed by atoms with van der Waals surface area (Å²) in [6, 6.07) is 18.8. The highest BCUT2D eigenvalue weighted by Gasteiger charge is 2.09. The third-order valence-electron chi connectivity index (χ3n) is 4.73. The fraction of sp³-hybridized carbons (Fsp3) is 0.348. The Labute approximate surface area is 149 Å². The Morgan fingerprint density at radius 3 is 2.32 bits per heavy atom. The number of carbonyl (C=O) groups is 1. The Morgan fingerprint density at radius 1 is 0.840 bits per heavy atom. The molecule has 0 aliphatic rings. The van der Waals surface area contributed by atoms with Gasteiger partial charge in [-0.15, -0.1) is 0 Å². The molecule has 0 aliphatic carbocycles. The van der Waals surface area contributed by atoms with Crippen molar-refractivity contribution in [3.8, 4) is 0 Å². The van der Waals surface area contributed by atoms with Crippen molar-refractivity contribution in [2.75, 3.05) is 0 Å². The van der Waals surface area contributed by atoms with Crippen LogP contribution in [0.4, 0.5) is 0 Å². The van der Waals surface area contributed by atoms with E-state index in [-0.39, 0.29) is 5.97 Å². The largest absolute Gasteiger partial charge is 0.461 e. The molecule has 2 heteroatoms. The van der Waals surface area contributed by atoms with E-state index < -0.39 is 0 Å². The molecule has 0 amide bonds. The molecule has 0 atom stereocenters. The Balaban J connectivity index is 1.69. The SMILES string of the molecule is CCCCCCCC(=O)OCc1cc2ccccc2c2ccccc12. The smallest absolute Gasteiger partial charge is 0.306 e. The van der Waals surface area contributed by atoms with Gasteiger partial charge in [-0.2, -0.15) is 0 Å². The van der Waals surface area contributed by atoms with E-state index in [2.05, 4.69) is 49.4 Å². The molecular weight excluding hydrogens is 308 g/mol. The van der Waals surface area contributed by atoms with Crippen molar-refractivity contribution in [1.29, 1.82) is 0 Å². The molecule has 0 fully saturated rings. The van der Waals surface area contributed by atoms with Crippen LogP contribution in [-0.2, 0) is 16.1 Å². The van der Waals surface area contributed by atoms with Crippen molar-refractivity contribution >= 4 is 27.5 Å². The summed E-state index contributed by atoms with van der Waals surface area (Å²) in [5.74, 6) is -0.0891. The van der Waals surface area contributed by atoms with Crippen LogP contribution in [-0.4, -0.2) is 5.97 Å². The van der Waals surface area contributed by atoms with Crippen molar-refractivity contribution in [3.05, 3.63) is 60.2 Å². The summed E-state index contributed by atoms with van der Waals surface area (Å²) in [7, 11) is 0. The zero-order valence-electron chi connectivity index (χ0n) is 15.0. The first-order chi connectivity index (χ1) is 12.3. The summed E-state index contributed by atoms with van der Waals surface area (Å²) >= 11 is 0. The normalized spacial score (nSPS) is 11.1. The van der Waals surface area contributed by atoms with Gasteiger partial charge in [-0.25, -0.2) is 0 Å². The van der Waals surface area contributed by atoms with Crippen LogP contribution in [0.2, 0.25) is 0 Å². The lowest BCUT2D eigenvalue weighted by molar-refractivity contribution is -0.145. The molecule has 0 spiro atoms. The predicted molar refractivity (Wildman–Crippen MR) is 105 cm³/mol. The van der Waals surface area contributed by atoms with Gasteiger partial charge in [-0.1, -0.05) is 81.1 Å². The molecule has 3 aromatic rings. The summed E-state index contributed by atoms with van der Waals surface area (Å²) in [5, 5.41) is 4.80. The van der Waals surface area contributed by atoms with Crippen LogP contribution in [0, 0.1) is 0 Å². The number of benzene rings is 3. The van der Waals surface area contributed by atoms with Crippen LogP contribution < -0.4 is 0 Å². The number of unbranched alkanes of at least 4 members (excludes halogenated alkanes) is 4. The zero-order chi connectivity index (χ0) is 17.5. The average Bonchev–Trinajstić information content (AvgIpc) is 2.66. The zero-order valence-corrected chi connectivity index (χ0v) is 15.0. The number of fused-ring (bicyclic) bond motifs is 3. The van der Waals surface area contributed by atoms with Crippen molar-refractivity contribution in [2.45, 2.75) is 52.1 Å². The maximum absolute atomic E-state index is 12.0. The van der Waals surface area contributed by atoms with E-state index in [1.54, 1.807) is 0 Å². The minimum Gasteiger partial charge on any atom is -0.461 e. The van der Waals surface area contributed by atoms with Crippen molar-refractivity contribution in [1.82, 2.24) is 0 Å². The first-order valence-corrected chi connectivity index (χ1v) is 9.34. The molecule has 25 heavy (non-hydrogen) atoms. The molecule has 0 N–H and O–H groups in total. The van der Waals surface area contributed by atoms with Gasteiger partial charge in [0.25, 0.3) is 0 Å². The summed E-state index contributed by atoms with van der Waals surface area (Å²) in [5.41, 5.74) is 1.08. The van der Waals surface area contributed by atoms with Gasteiger partial charge >= 0.3 is 5.97 Å². The quantitative estimate of drug-likeness (QED) is 0.271. The van der Waals surface area contributed by atoms with Crippen molar-refractivity contribution in [3.63, 3.8) is 0 Å². The molecule has 0 radical (unpaired) electrons. The van der Waals surface area contributed by atoms with Crippen LogP contribution in [0.25, 0.3) is 21.5 Å². The molecule has 0 saturated heterocycles. The van der Waals surface area contributed by atoms with Gasteiger partial charge in [0.05, 0.1) is 0 Å². The Morgan fingerprint density at radius 2 is 1.52 bits per heavy atom. The monoisotopic (exact) mass is 334 g/mol. The number of ether oxygens (including phenoxy) is 1. The van der Waals surface area contributed by atoms with E-state index in [0.717, 1.165) is 23.8 Å². The van der Waals surface area contributed by atoms with Crippen LogP contribution >= 0.6 is 0 Å². The first kappa shape index (κ1) is 17.5. The summed E-state index contributed by atoms with van der Waals surface area (Å²) in [6.07, 6.45) is 6.24. The van der Waals surface area contributed by atoms with Gasteiger partial charge in [-0.05, 0) is 39.6 Å². The Bertz CT molecular complexity index is 851. The molecule has 0 saturated carbocycles. The first-order valence-electron chi connectivity index (χ1n) is 9.34. The number of carbonyl (C=O) groups excluding carboxylic acids is 1. The third kappa shape index (κ3) is 4.39. The Kier molecular flexibility index (Phi) is 6.05. The van der Waals surface area contributed by atoms with Crippen LogP contribution in [0.3, 0.4) is 0 Å². The van der Waals surface area contributed by atoms with Crippen LogP contribution in [0.5, 0.6) is 0 Å². The molecule has 0 bridgehead atoms. The lowest BCUT2D eigenvalue weighted by Gasteiger charge is -2.11. The predicted octanol–water partition coefficient (Wildman–Crippen LogP) is 6.40. The van der Waals surface area contributed by atoms with E-state index in [1.165, 1.54) is 35.4 Å². The molecule has 0 aromatic heterocycles. The Hall–Kier alpha value is -2.35. The van der Waals surface area contributed by atoms with Gasteiger partial charge in [-0.3, -0.25) is 4.79 Å². The number of hydrogen-bond acceptors (Lipinski definition) is 2. The fourth-order valence-electron chi connectivity index (χ4n) is 3.35. The molecule has 0 aliphatic heterocycles. The summed E-state index contributed by atoms with van der Waals surface area (Å²) in [4.78, 5) is 12.0. The number of rotatable bonds is 8. The highest BCUT2D eigenvalue weighted by molar-refractivity contribution is 6.08. The topological polar surface area (TPSA) is 26.3 Å². The second-order valence-corrected chi connectivity index (χ2v) is 6.63. The second-order valence-electron chi connectivity index (χ2n) is 6.63. The number of hydrogen-bond donors (Lipinski definition) is 0. The molecule has 3 rings (SSSR count). The van der Waals surface area contributed by atoms with Crippen molar-refractivity contribution in [2.24, 2.45) is 0 Å². The van der Waals surface area contributed by atoms with Crippen molar-refractivity contribution < 1.29 is 9.53 Å². The standard InChI is InChI=1S/C23H26O2/c1-2-3-4-5-6-15-23(24)25-17-19-16-18-11-7-8-12-20(18)22-14-10-9-13-21(19)22/h7-14,16H,2-6,15,17H2,1H3. The van der Waals surface area contributed by atoms with E-state index in [9.17, 15) is 4.79 Å². The third-order valence-corrected chi connectivity index (χ3v) is 4.73. The van der Waals surface area contributed by atoms with Crippen LogP contribution in [0.15, 0.2) is 54.6 Å². The fourth-order valence-corrected chi connectivity index (χ4v) is 3.35. The van der Waals surface area contributed by atoms with E-state index in [4.69, 9.17) is 4.74 Å². The second kappa shape index (κ2) is 8.66. The van der Waals surface area contributed by atoms with Gasteiger partial charge in [0.1, 0.15) is 6.61 Å². The highest BCUT2D eigenvalue weighted by atomic mass is 16.5. The van der Waals surface area contributed by atoms with Gasteiger partial charge in [0.2, 0.25) is 0 Å².